The summed E-state index contributed by atoms with van der Waals surface area (Å²) in [4.78, 5) is 15.3. The summed E-state index contributed by atoms with van der Waals surface area (Å²) in [6, 6.07) is 14.6. The maximum atomic E-state index is 11.9. The number of benzene rings is 2. The molecule has 1 amide bonds. The van der Waals surface area contributed by atoms with Crippen LogP contribution in [0.4, 0.5) is 0 Å². The number of thioether (sulfide) groups is 1. The Labute approximate surface area is 137 Å². The summed E-state index contributed by atoms with van der Waals surface area (Å²) >= 11 is 1.59. The molecular formula is C18H24N2OS. The van der Waals surface area contributed by atoms with Gasteiger partial charge in [-0.25, -0.2) is 0 Å². The zero-order chi connectivity index (χ0) is 15.8. The van der Waals surface area contributed by atoms with Gasteiger partial charge >= 0.3 is 0 Å². The molecule has 0 radical (unpaired) electrons. The minimum absolute atomic E-state index is 0.102. The second-order valence-electron chi connectivity index (χ2n) is 5.17. The van der Waals surface area contributed by atoms with Gasteiger partial charge in [-0.2, -0.15) is 0 Å². The minimum atomic E-state index is 0.102. The molecule has 3 nitrogen and oxygen atoms in total. The van der Waals surface area contributed by atoms with E-state index in [-0.39, 0.29) is 5.91 Å². The predicted octanol–water partition coefficient (Wildman–Crippen LogP) is 3.39. The summed E-state index contributed by atoms with van der Waals surface area (Å²) in [7, 11) is 0. The lowest BCUT2D eigenvalue weighted by Crippen LogP contribution is -2.35. The number of rotatable bonds is 8. The minimum Gasteiger partial charge on any atom is -0.354 e. The molecule has 0 unspecified atom stereocenters. The fourth-order valence-electron chi connectivity index (χ4n) is 2.35. The van der Waals surface area contributed by atoms with E-state index in [0.29, 0.717) is 5.75 Å². The molecule has 0 aromatic heterocycles. The van der Waals surface area contributed by atoms with Crippen molar-refractivity contribution >= 4 is 28.4 Å². The van der Waals surface area contributed by atoms with Crippen molar-refractivity contribution in [2.24, 2.45) is 0 Å². The molecule has 1 N–H and O–H groups in total. The van der Waals surface area contributed by atoms with Crippen molar-refractivity contribution in [2.75, 3.05) is 31.9 Å². The number of hydrogen-bond acceptors (Lipinski definition) is 3. The monoisotopic (exact) mass is 316 g/mol. The molecule has 0 saturated heterocycles. The topological polar surface area (TPSA) is 32.3 Å². The molecule has 0 aliphatic heterocycles. The molecule has 0 spiro atoms. The Morgan fingerprint density at radius 1 is 1.09 bits per heavy atom. The van der Waals surface area contributed by atoms with E-state index in [1.165, 1.54) is 10.8 Å². The van der Waals surface area contributed by atoms with Gasteiger partial charge in [-0.05, 0) is 36.0 Å². The van der Waals surface area contributed by atoms with E-state index in [2.05, 4.69) is 54.4 Å². The number of fused-ring (bicyclic) bond motifs is 1. The fraction of sp³-hybridized carbons (Fsp3) is 0.389. The third-order valence-electron chi connectivity index (χ3n) is 3.74. The van der Waals surface area contributed by atoms with Crippen molar-refractivity contribution in [2.45, 2.75) is 18.7 Å². The maximum absolute atomic E-state index is 11.9. The van der Waals surface area contributed by atoms with Crippen molar-refractivity contribution in [1.82, 2.24) is 10.2 Å². The van der Waals surface area contributed by atoms with E-state index in [1.807, 2.05) is 12.1 Å². The number of nitrogens with zero attached hydrogens (tertiary/aromatic N) is 1. The summed E-state index contributed by atoms with van der Waals surface area (Å²) in [6.45, 7) is 7.97. The van der Waals surface area contributed by atoms with Crippen LogP contribution in [0.1, 0.15) is 13.8 Å². The first-order chi connectivity index (χ1) is 10.7. The molecule has 22 heavy (non-hydrogen) atoms. The van der Waals surface area contributed by atoms with Crippen molar-refractivity contribution in [3.8, 4) is 0 Å². The highest BCUT2D eigenvalue weighted by Gasteiger charge is 2.04. The number of carbonyl (C=O) groups is 1. The van der Waals surface area contributed by atoms with Gasteiger partial charge in [-0.3, -0.25) is 4.79 Å². The second kappa shape index (κ2) is 8.81. The molecule has 0 bridgehead atoms. The van der Waals surface area contributed by atoms with Crippen molar-refractivity contribution < 1.29 is 4.79 Å². The molecule has 2 rings (SSSR count). The predicted molar refractivity (Wildman–Crippen MR) is 95.5 cm³/mol. The average molecular weight is 316 g/mol. The van der Waals surface area contributed by atoms with E-state index < -0.39 is 0 Å². The van der Waals surface area contributed by atoms with Gasteiger partial charge in [-0.15, -0.1) is 11.8 Å². The van der Waals surface area contributed by atoms with Crippen LogP contribution in [0.3, 0.4) is 0 Å². The Kier molecular flexibility index (Phi) is 6.74. The van der Waals surface area contributed by atoms with Crippen LogP contribution < -0.4 is 5.32 Å². The largest absolute Gasteiger partial charge is 0.354 e. The quantitative estimate of drug-likeness (QED) is 0.758. The molecule has 4 heteroatoms. The zero-order valence-corrected chi connectivity index (χ0v) is 14.2. The lowest BCUT2D eigenvalue weighted by molar-refractivity contribution is -0.118. The third kappa shape index (κ3) is 5.04. The summed E-state index contributed by atoms with van der Waals surface area (Å²) in [6.07, 6.45) is 0. The SMILES string of the molecule is CCN(CC)CCNC(=O)CSc1ccc2ccccc2c1. The Bertz CT molecular complexity index is 611. The molecule has 0 atom stereocenters. The Morgan fingerprint density at radius 2 is 1.82 bits per heavy atom. The lowest BCUT2D eigenvalue weighted by Gasteiger charge is -2.17. The van der Waals surface area contributed by atoms with E-state index in [4.69, 9.17) is 0 Å². The molecule has 0 saturated carbocycles. The van der Waals surface area contributed by atoms with Crippen LogP contribution in [0.25, 0.3) is 10.8 Å². The van der Waals surface area contributed by atoms with E-state index >= 15 is 0 Å². The molecule has 2 aromatic carbocycles. The Balaban J connectivity index is 1.77. The first kappa shape index (κ1) is 16.8. The van der Waals surface area contributed by atoms with E-state index in [9.17, 15) is 4.79 Å². The van der Waals surface area contributed by atoms with Gasteiger partial charge in [0, 0.05) is 18.0 Å². The summed E-state index contributed by atoms with van der Waals surface area (Å²) < 4.78 is 0. The normalized spacial score (nSPS) is 11.0. The van der Waals surface area contributed by atoms with Crippen LogP contribution in [-0.2, 0) is 4.79 Å². The van der Waals surface area contributed by atoms with Gasteiger partial charge in [0.05, 0.1) is 5.75 Å². The standard InChI is InChI=1S/C18H24N2OS/c1-3-20(4-2)12-11-19-18(21)14-22-17-10-9-15-7-5-6-8-16(15)13-17/h5-10,13H,3-4,11-12,14H2,1-2H3,(H,19,21). The number of amides is 1. The number of likely N-dealkylation sites (N-methyl/N-ethyl adjacent to an activating group) is 1. The van der Waals surface area contributed by atoms with Gasteiger partial charge in [0.1, 0.15) is 0 Å². The van der Waals surface area contributed by atoms with E-state index in [1.54, 1.807) is 11.8 Å². The van der Waals surface area contributed by atoms with Gasteiger partial charge < -0.3 is 10.2 Å². The fourth-order valence-corrected chi connectivity index (χ4v) is 3.12. The van der Waals surface area contributed by atoms with Crippen LogP contribution in [0.15, 0.2) is 47.4 Å². The maximum Gasteiger partial charge on any atom is 0.230 e. The number of nitrogens with one attached hydrogen (secondary N) is 1. The average Bonchev–Trinajstić information content (AvgIpc) is 2.56. The molecule has 0 fully saturated rings. The highest BCUT2D eigenvalue weighted by molar-refractivity contribution is 8.00. The van der Waals surface area contributed by atoms with Crippen molar-refractivity contribution in [3.63, 3.8) is 0 Å². The Hall–Kier alpha value is -1.52. The highest BCUT2D eigenvalue weighted by Crippen LogP contribution is 2.23. The molecule has 118 valence electrons. The zero-order valence-electron chi connectivity index (χ0n) is 13.3. The number of hydrogen-bond donors (Lipinski definition) is 1. The molecule has 0 aliphatic carbocycles. The van der Waals surface area contributed by atoms with Gasteiger partial charge in [0.25, 0.3) is 0 Å². The van der Waals surface area contributed by atoms with Crippen LogP contribution >= 0.6 is 11.8 Å². The third-order valence-corrected chi connectivity index (χ3v) is 4.73. The molecular weight excluding hydrogens is 292 g/mol. The molecule has 0 heterocycles. The first-order valence-electron chi connectivity index (χ1n) is 7.83. The van der Waals surface area contributed by atoms with Crippen molar-refractivity contribution in [3.05, 3.63) is 42.5 Å². The van der Waals surface area contributed by atoms with Crippen LogP contribution in [0, 0.1) is 0 Å². The van der Waals surface area contributed by atoms with Gasteiger partial charge in [0.2, 0.25) is 5.91 Å². The van der Waals surface area contributed by atoms with Crippen LogP contribution in [0.5, 0.6) is 0 Å². The Morgan fingerprint density at radius 3 is 2.55 bits per heavy atom. The van der Waals surface area contributed by atoms with Crippen LogP contribution in [-0.4, -0.2) is 42.7 Å². The van der Waals surface area contributed by atoms with Gasteiger partial charge in [0.15, 0.2) is 0 Å². The van der Waals surface area contributed by atoms with E-state index in [0.717, 1.165) is 31.1 Å². The van der Waals surface area contributed by atoms with Crippen LogP contribution in [0.2, 0.25) is 0 Å². The molecule has 0 aliphatic rings. The smallest absolute Gasteiger partial charge is 0.230 e. The second-order valence-corrected chi connectivity index (χ2v) is 6.22. The lowest BCUT2D eigenvalue weighted by atomic mass is 10.1. The van der Waals surface area contributed by atoms with Crippen molar-refractivity contribution in [1.29, 1.82) is 0 Å². The summed E-state index contributed by atoms with van der Waals surface area (Å²) in [5, 5.41) is 5.44. The van der Waals surface area contributed by atoms with Gasteiger partial charge in [-0.1, -0.05) is 44.2 Å². The highest BCUT2D eigenvalue weighted by atomic mass is 32.2. The number of carbonyl (C=O) groups excluding carboxylic acids is 1. The summed E-state index contributed by atoms with van der Waals surface area (Å²) in [5.41, 5.74) is 0. The summed E-state index contributed by atoms with van der Waals surface area (Å²) in [5.74, 6) is 0.571. The molecule has 2 aromatic rings. The first-order valence-corrected chi connectivity index (χ1v) is 8.82.